The van der Waals surface area contributed by atoms with Crippen LogP contribution in [0.3, 0.4) is 0 Å². The molecule has 0 fully saturated rings. The molecule has 3 nitrogen and oxygen atoms in total. The fourth-order valence-electron chi connectivity index (χ4n) is 1.08. The summed E-state index contributed by atoms with van der Waals surface area (Å²) in [5.74, 6) is 0.180. The summed E-state index contributed by atoms with van der Waals surface area (Å²) in [5, 5.41) is 9.55. The molecular formula is C9H13BrN2O. The maximum absolute atomic E-state index is 9.55. The molecule has 1 aromatic rings. The summed E-state index contributed by atoms with van der Waals surface area (Å²) in [7, 11) is 0. The average Bonchev–Trinajstić information content (AvgIpc) is 2.03. The quantitative estimate of drug-likeness (QED) is 0.739. The number of rotatable bonds is 2. The highest BCUT2D eigenvalue weighted by atomic mass is 79.9. The van der Waals surface area contributed by atoms with Gasteiger partial charge in [0.15, 0.2) is 0 Å². The molecule has 0 saturated heterocycles. The monoisotopic (exact) mass is 244 g/mol. The molecule has 1 aromatic carbocycles. The minimum atomic E-state index is -0.326. The van der Waals surface area contributed by atoms with Crippen molar-refractivity contribution < 1.29 is 5.11 Å². The van der Waals surface area contributed by atoms with Crippen molar-refractivity contribution >= 4 is 15.9 Å². The van der Waals surface area contributed by atoms with Gasteiger partial charge in [-0.3, -0.25) is 0 Å². The van der Waals surface area contributed by atoms with Crippen molar-refractivity contribution in [3.63, 3.8) is 0 Å². The first-order valence-electron chi connectivity index (χ1n) is 4.02. The lowest BCUT2D eigenvalue weighted by molar-refractivity contribution is 0.453. The van der Waals surface area contributed by atoms with Gasteiger partial charge in [-0.25, -0.2) is 0 Å². The number of aromatic hydroxyl groups is 1. The molecule has 0 bridgehead atoms. The molecule has 0 radical (unpaired) electrons. The van der Waals surface area contributed by atoms with E-state index in [9.17, 15) is 5.11 Å². The van der Waals surface area contributed by atoms with Crippen LogP contribution in [0.5, 0.6) is 5.75 Å². The van der Waals surface area contributed by atoms with Crippen LogP contribution in [0.1, 0.15) is 18.5 Å². The zero-order chi connectivity index (χ0) is 10.0. The molecule has 0 amide bonds. The Hall–Kier alpha value is -0.580. The summed E-state index contributed by atoms with van der Waals surface area (Å²) >= 11 is 3.25. The summed E-state index contributed by atoms with van der Waals surface area (Å²) in [6.07, 6.45) is 0. The maximum Gasteiger partial charge on any atom is 0.121 e. The lowest BCUT2D eigenvalue weighted by Crippen LogP contribution is -2.31. The number of halogens is 1. The van der Waals surface area contributed by atoms with Gasteiger partial charge in [0.05, 0.1) is 0 Å². The van der Waals surface area contributed by atoms with Crippen LogP contribution in [0, 0.1) is 0 Å². The van der Waals surface area contributed by atoms with E-state index in [0.29, 0.717) is 5.56 Å². The zero-order valence-electron chi connectivity index (χ0n) is 7.37. The van der Waals surface area contributed by atoms with E-state index < -0.39 is 0 Å². The molecular weight excluding hydrogens is 232 g/mol. The van der Waals surface area contributed by atoms with Crippen molar-refractivity contribution in [2.75, 3.05) is 0 Å². The lowest BCUT2D eigenvalue weighted by Gasteiger charge is -2.17. The predicted octanol–water partition coefficient (Wildman–Crippen LogP) is 1.50. The van der Waals surface area contributed by atoms with Gasteiger partial charge in [0.1, 0.15) is 5.75 Å². The third kappa shape index (κ3) is 2.43. The van der Waals surface area contributed by atoms with Gasteiger partial charge in [0, 0.05) is 22.1 Å². The third-order valence-electron chi connectivity index (χ3n) is 1.92. The molecule has 0 spiro atoms. The molecule has 0 aromatic heterocycles. The van der Waals surface area contributed by atoms with Gasteiger partial charge in [-0.2, -0.15) is 0 Å². The number of nitrogens with two attached hydrogens (primary N) is 2. The standard InChI is InChI=1S/C9H13BrN2O/c1-5(11)9(12)7-3-2-6(10)4-8(7)13/h2-5,9,13H,11-12H2,1H3/t5-,9+/m0/s1. The summed E-state index contributed by atoms with van der Waals surface area (Å²) in [6, 6.07) is 4.71. The number of phenolic OH excluding ortho intramolecular Hbond substituents is 1. The number of hydrogen-bond donors (Lipinski definition) is 3. The van der Waals surface area contributed by atoms with Crippen LogP contribution in [0.15, 0.2) is 22.7 Å². The van der Waals surface area contributed by atoms with Crippen molar-refractivity contribution in [1.82, 2.24) is 0 Å². The number of phenols is 1. The minimum Gasteiger partial charge on any atom is -0.508 e. The molecule has 0 unspecified atom stereocenters. The van der Waals surface area contributed by atoms with E-state index in [1.54, 1.807) is 12.1 Å². The van der Waals surface area contributed by atoms with E-state index >= 15 is 0 Å². The van der Waals surface area contributed by atoms with Crippen molar-refractivity contribution in [3.05, 3.63) is 28.2 Å². The minimum absolute atomic E-state index is 0.174. The SMILES string of the molecule is C[C@H](N)[C@@H](N)c1ccc(Br)cc1O. The smallest absolute Gasteiger partial charge is 0.121 e. The summed E-state index contributed by atoms with van der Waals surface area (Å²) in [6.45, 7) is 1.81. The summed E-state index contributed by atoms with van der Waals surface area (Å²) in [5.41, 5.74) is 12.1. The third-order valence-corrected chi connectivity index (χ3v) is 2.41. The molecule has 4 heteroatoms. The van der Waals surface area contributed by atoms with Gasteiger partial charge in [-0.05, 0) is 19.1 Å². The Kier molecular flexibility index (Phi) is 3.30. The second-order valence-corrected chi connectivity index (χ2v) is 4.00. The van der Waals surface area contributed by atoms with Gasteiger partial charge in [-0.15, -0.1) is 0 Å². The fourth-order valence-corrected chi connectivity index (χ4v) is 1.43. The maximum atomic E-state index is 9.55. The van der Waals surface area contributed by atoms with Gasteiger partial charge < -0.3 is 16.6 Å². The van der Waals surface area contributed by atoms with Crippen LogP contribution in [-0.4, -0.2) is 11.1 Å². The van der Waals surface area contributed by atoms with Gasteiger partial charge in [0.2, 0.25) is 0 Å². The second kappa shape index (κ2) is 4.09. The fraction of sp³-hybridized carbons (Fsp3) is 0.333. The predicted molar refractivity (Wildman–Crippen MR) is 56.4 cm³/mol. The Bertz CT molecular complexity index is 302. The number of hydrogen-bond acceptors (Lipinski definition) is 3. The largest absolute Gasteiger partial charge is 0.508 e. The second-order valence-electron chi connectivity index (χ2n) is 3.09. The molecule has 2 atom stereocenters. The van der Waals surface area contributed by atoms with Crippen LogP contribution >= 0.6 is 15.9 Å². The normalized spacial score (nSPS) is 15.4. The topological polar surface area (TPSA) is 72.3 Å². The van der Waals surface area contributed by atoms with Crippen LogP contribution in [-0.2, 0) is 0 Å². The summed E-state index contributed by atoms with van der Waals surface area (Å²) < 4.78 is 0.825. The first-order chi connectivity index (χ1) is 6.02. The average molecular weight is 245 g/mol. The molecule has 1 rings (SSSR count). The van der Waals surface area contributed by atoms with Crippen LogP contribution in [0.4, 0.5) is 0 Å². The van der Waals surface area contributed by atoms with Gasteiger partial charge >= 0.3 is 0 Å². The Balaban J connectivity index is 3.01. The van der Waals surface area contributed by atoms with Crippen molar-refractivity contribution in [2.45, 2.75) is 19.0 Å². The summed E-state index contributed by atoms with van der Waals surface area (Å²) in [4.78, 5) is 0. The molecule has 13 heavy (non-hydrogen) atoms. The van der Waals surface area contributed by atoms with Crippen LogP contribution in [0.2, 0.25) is 0 Å². The van der Waals surface area contributed by atoms with E-state index in [1.807, 2.05) is 13.0 Å². The molecule has 0 saturated carbocycles. The molecule has 5 N–H and O–H groups in total. The van der Waals surface area contributed by atoms with E-state index in [0.717, 1.165) is 4.47 Å². The van der Waals surface area contributed by atoms with Gasteiger partial charge in [-0.1, -0.05) is 22.0 Å². The molecule has 0 heterocycles. The van der Waals surface area contributed by atoms with E-state index in [2.05, 4.69) is 15.9 Å². The molecule has 0 aliphatic heterocycles. The molecule has 72 valence electrons. The van der Waals surface area contributed by atoms with E-state index in [1.165, 1.54) is 0 Å². The Morgan fingerprint density at radius 3 is 2.46 bits per heavy atom. The molecule has 0 aliphatic rings. The van der Waals surface area contributed by atoms with Crippen LogP contribution in [0.25, 0.3) is 0 Å². The van der Waals surface area contributed by atoms with Gasteiger partial charge in [0.25, 0.3) is 0 Å². The number of benzene rings is 1. The van der Waals surface area contributed by atoms with E-state index in [-0.39, 0.29) is 17.8 Å². The van der Waals surface area contributed by atoms with Crippen molar-refractivity contribution in [3.8, 4) is 5.75 Å². The first kappa shape index (κ1) is 10.5. The Labute approximate surface area is 85.9 Å². The van der Waals surface area contributed by atoms with E-state index in [4.69, 9.17) is 11.5 Å². The highest BCUT2D eigenvalue weighted by Crippen LogP contribution is 2.27. The lowest BCUT2D eigenvalue weighted by atomic mass is 10.0. The highest BCUT2D eigenvalue weighted by Gasteiger charge is 2.14. The van der Waals surface area contributed by atoms with Crippen molar-refractivity contribution in [2.24, 2.45) is 11.5 Å². The zero-order valence-corrected chi connectivity index (χ0v) is 8.95. The Morgan fingerprint density at radius 2 is 2.00 bits per heavy atom. The highest BCUT2D eigenvalue weighted by molar-refractivity contribution is 9.10. The Morgan fingerprint density at radius 1 is 1.38 bits per heavy atom. The molecule has 0 aliphatic carbocycles. The van der Waals surface area contributed by atoms with Crippen molar-refractivity contribution in [1.29, 1.82) is 0 Å². The first-order valence-corrected chi connectivity index (χ1v) is 4.81. The van der Waals surface area contributed by atoms with Crippen LogP contribution < -0.4 is 11.5 Å².